The topological polar surface area (TPSA) is 98.5 Å². The van der Waals surface area contributed by atoms with Crippen molar-refractivity contribution in [1.82, 2.24) is 9.55 Å². The van der Waals surface area contributed by atoms with Gasteiger partial charge in [-0.05, 0) is 23.8 Å². The van der Waals surface area contributed by atoms with Gasteiger partial charge in [0.2, 0.25) is 0 Å². The third-order valence-corrected chi connectivity index (χ3v) is 4.68. The Bertz CT molecular complexity index is 1150. The van der Waals surface area contributed by atoms with Crippen molar-refractivity contribution in [3.8, 4) is 5.75 Å². The summed E-state index contributed by atoms with van der Waals surface area (Å²) in [5.41, 5.74) is -5.98. The van der Waals surface area contributed by atoms with Crippen LogP contribution in [0.4, 0.5) is 17.6 Å². The number of carboxylic acids is 1. The molecule has 0 amide bonds. The van der Waals surface area contributed by atoms with Gasteiger partial charge in [0, 0.05) is 18.1 Å². The second kappa shape index (κ2) is 6.78. The van der Waals surface area contributed by atoms with Crippen molar-refractivity contribution in [2.45, 2.75) is 12.1 Å². The van der Waals surface area contributed by atoms with Gasteiger partial charge in [-0.25, -0.2) is 14.2 Å². The first-order valence-corrected chi connectivity index (χ1v) is 8.87. The molecular formula is C16H10F4N2O5S. The molecular weight excluding hydrogens is 408 g/mol. The summed E-state index contributed by atoms with van der Waals surface area (Å²) in [7, 11) is -6.11. The fourth-order valence-corrected chi connectivity index (χ4v) is 2.93. The Morgan fingerprint density at radius 1 is 1.18 bits per heavy atom. The van der Waals surface area contributed by atoms with Crippen LogP contribution < -0.4 is 4.18 Å². The molecule has 3 rings (SSSR count). The summed E-state index contributed by atoms with van der Waals surface area (Å²) < 4.78 is 79.3. The Morgan fingerprint density at radius 3 is 2.39 bits per heavy atom. The lowest BCUT2D eigenvalue weighted by atomic mass is 10.2. The first-order chi connectivity index (χ1) is 13.0. The van der Waals surface area contributed by atoms with Gasteiger partial charge < -0.3 is 13.9 Å². The molecule has 0 unspecified atom stereocenters. The van der Waals surface area contributed by atoms with Gasteiger partial charge in [-0.1, -0.05) is 12.1 Å². The van der Waals surface area contributed by atoms with E-state index in [1.165, 1.54) is 41.1 Å². The predicted octanol–water partition coefficient (Wildman–Crippen LogP) is 3.15. The summed E-state index contributed by atoms with van der Waals surface area (Å²) in [5, 5.41) is 8.94. The third kappa shape index (κ3) is 3.63. The molecule has 0 bridgehead atoms. The number of nitrogens with zero attached hydrogens (tertiary/aromatic N) is 2. The van der Waals surface area contributed by atoms with Crippen molar-refractivity contribution in [1.29, 1.82) is 0 Å². The molecule has 0 aliphatic rings. The van der Waals surface area contributed by atoms with Crippen LogP contribution >= 0.6 is 0 Å². The maximum Gasteiger partial charge on any atom is 0.534 e. The number of aromatic nitrogens is 2. The lowest BCUT2D eigenvalue weighted by Gasteiger charge is -2.12. The average Bonchev–Trinajstić information content (AvgIpc) is 2.99. The van der Waals surface area contributed by atoms with E-state index in [9.17, 15) is 30.8 Å². The summed E-state index contributed by atoms with van der Waals surface area (Å²) in [4.78, 5) is 14.8. The molecule has 1 N–H and O–H groups in total. The molecule has 148 valence electrons. The fourth-order valence-electron chi connectivity index (χ4n) is 2.45. The van der Waals surface area contributed by atoms with Crippen LogP contribution in [0.15, 0.2) is 42.7 Å². The van der Waals surface area contributed by atoms with Gasteiger partial charge in [-0.2, -0.15) is 21.6 Å². The summed E-state index contributed by atoms with van der Waals surface area (Å²) >= 11 is 0. The number of alkyl halides is 3. The zero-order valence-corrected chi connectivity index (χ0v) is 14.5. The van der Waals surface area contributed by atoms with Gasteiger partial charge in [0.05, 0.1) is 11.7 Å². The van der Waals surface area contributed by atoms with Gasteiger partial charge in [-0.15, -0.1) is 0 Å². The first-order valence-electron chi connectivity index (χ1n) is 7.46. The lowest BCUT2D eigenvalue weighted by molar-refractivity contribution is -0.0500. The van der Waals surface area contributed by atoms with Crippen LogP contribution in [0.1, 0.15) is 16.1 Å². The number of fused-ring (bicyclic) bond motifs is 1. The number of pyridine rings is 1. The van der Waals surface area contributed by atoms with Crippen molar-refractivity contribution < 1.29 is 40.1 Å². The number of aromatic carboxylic acids is 1. The quantitative estimate of drug-likeness (QED) is 0.388. The van der Waals surface area contributed by atoms with Crippen molar-refractivity contribution >= 4 is 27.0 Å². The van der Waals surface area contributed by atoms with Gasteiger partial charge in [-0.3, -0.25) is 0 Å². The molecule has 0 aliphatic carbocycles. The highest BCUT2D eigenvalue weighted by atomic mass is 32.2. The zero-order valence-electron chi connectivity index (χ0n) is 13.6. The Kier molecular flexibility index (Phi) is 4.75. The number of hydrogen-bond acceptors (Lipinski definition) is 5. The molecule has 0 radical (unpaired) electrons. The van der Waals surface area contributed by atoms with Crippen LogP contribution in [0.2, 0.25) is 0 Å². The molecule has 0 atom stereocenters. The number of rotatable bonds is 5. The van der Waals surface area contributed by atoms with E-state index < -0.39 is 38.9 Å². The van der Waals surface area contributed by atoms with Gasteiger partial charge in [0.25, 0.3) is 0 Å². The average molecular weight is 418 g/mol. The molecule has 28 heavy (non-hydrogen) atoms. The van der Waals surface area contributed by atoms with Crippen LogP contribution in [0.25, 0.3) is 10.9 Å². The van der Waals surface area contributed by atoms with E-state index in [1.807, 2.05) is 0 Å². The second-order valence-electron chi connectivity index (χ2n) is 5.59. The Balaban J connectivity index is 2.11. The molecule has 0 saturated carbocycles. The van der Waals surface area contributed by atoms with E-state index in [4.69, 9.17) is 5.11 Å². The minimum Gasteiger partial charge on any atom is -0.476 e. The highest BCUT2D eigenvalue weighted by Crippen LogP contribution is 2.34. The van der Waals surface area contributed by atoms with Gasteiger partial charge in [0.1, 0.15) is 5.82 Å². The molecule has 2 aromatic heterocycles. The van der Waals surface area contributed by atoms with E-state index in [2.05, 4.69) is 9.17 Å². The monoisotopic (exact) mass is 418 g/mol. The van der Waals surface area contributed by atoms with Crippen molar-refractivity contribution in [2.75, 3.05) is 0 Å². The van der Waals surface area contributed by atoms with Crippen LogP contribution in [-0.2, 0) is 16.7 Å². The SMILES string of the molecule is O=C(O)c1ncc2c(ccn2Cc2ccc(F)cc2)c1OS(=O)(=O)C(F)(F)F. The minimum atomic E-state index is -6.11. The van der Waals surface area contributed by atoms with Crippen molar-refractivity contribution in [2.24, 2.45) is 0 Å². The summed E-state index contributed by atoms with van der Waals surface area (Å²) in [6, 6.07) is 6.59. The maximum absolute atomic E-state index is 13.0. The van der Waals surface area contributed by atoms with Crippen molar-refractivity contribution in [3.63, 3.8) is 0 Å². The third-order valence-electron chi connectivity index (χ3n) is 3.73. The second-order valence-corrected chi connectivity index (χ2v) is 7.13. The largest absolute Gasteiger partial charge is 0.534 e. The number of hydrogen-bond donors (Lipinski definition) is 1. The normalized spacial score (nSPS) is 12.3. The molecule has 7 nitrogen and oxygen atoms in total. The highest BCUT2D eigenvalue weighted by Gasteiger charge is 2.49. The zero-order chi connectivity index (χ0) is 20.7. The lowest BCUT2D eigenvalue weighted by Crippen LogP contribution is -2.28. The molecule has 0 saturated heterocycles. The van der Waals surface area contributed by atoms with Gasteiger partial charge in [0.15, 0.2) is 11.4 Å². The minimum absolute atomic E-state index is 0.127. The first kappa shape index (κ1) is 19.6. The van der Waals surface area contributed by atoms with Crippen molar-refractivity contribution in [3.05, 3.63) is 59.8 Å². The van der Waals surface area contributed by atoms with E-state index in [0.29, 0.717) is 5.56 Å². The number of carbonyl (C=O) groups is 1. The summed E-state index contributed by atoms with van der Waals surface area (Å²) in [6.45, 7) is 0.142. The standard InChI is InChI=1S/C16H10F4N2O5S/c17-10-3-1-9(2-4-10)8-22-6-5-11-12(22)7-21-13(15(23)24)14(11)27-28(25,26)16(18,19)20/h1-7H,8H2,(H,23,24). The van der Waals surface area contributed by atoms with Gasteiger partial charge >= 0.3 is 21.6 Å². The van der Waals surface area contributed by atoms with E-state index in [-0.39, 0.29) is 17.4 Å². The van der Waals surface area contributed by atoms with Crippen LogP contribution in [0, 0.1) is 5.82 Å². The summed E-state index contributed by atoms with van der Waals surface area (Å²) in [6.07, 6.45) is 2.45. The number of benzene rings is 1. The highest BCUT2D eigenvalue weighted by molar-refractivity contribution is 7.88. The van der Waals surface area contributed by atoms with E-state index in [1.54, 1.807) is 0 Å². The number of halogens is 4. The van der Waals surface area contributed by atoms with Crippen LogP contribution in [0.3, 0.4) is 0 Å². The number of carboxylic acid groups (broad SMARTS) is 1. The summed E-state index contributed by atoms with van der Waals surface area (Å²) in [5.74, 6) is -3.26. The molecule has 0 spiro atoms. The Hall–Kier alpha value is -3.15. The maximum atomic E-state index is 13.0. The van der Waals surface area contributed by atoms with E-state index in [0.717, 1.165) is 6.20 Å². The molecule has 1 aromatic carbocycles. The predicted molar refractivity (Wildman–Crippen MR) is 87.8 cm³/mol. The Morgan fingerprint density at radius 2 is 1.82 bits per heavy atom. The molecule has 3 aromatic rings. The fraction of sp³-hybridized carbons (Fsp3) is 0.125. The smallest absolute Gasteiger partial charge is 0.476 e. The van der Waals surface area contributed by atoms with E-state index >= 15 is 0 Å². The molecule has 2 heterocycles. The molecule has 0 fully saturated rings. The molecule has 12 heteroatoms. The van der Waals surface area contributed by atoms with Crippen LogP contribution in [0.5, 0.6) is 5.75 Å². The Labute approximate surface area is 154 Å². The van der Waals surface area contributed by atoms with Crippen LogP contribution in [-0.4, -0.2) is 34.6 Å². The molecule has 0 aliphatic heterocycles.